The van der Waals surface area contributed by atoms with Gasteiger partial charge in [0.05, 0.1) is 6.42 Å². The number of rotatable bonds is 8. The lowest BCUT2D eigenvalue weighted by molar-refractivity contribution is -0.145. The first-order valence-corrected chi connectivity index (χ1v) is 6.91. The van der Waals surface area contributed by atoms with Crippen molar-refractivity contribution in [2.24, 2.45) is 0 Å². The first-order chi connectivity index (χ1) is 9.99. The Morgan fingerprint density at radius 1 is 1.19 bits per heavy atom. The van der Waals surface area contributed by atoms with Gasteiger partial charge >= 0.3 is 18.0 Å². The van der Waals surface area contributed by atoms with E-state index in [4.69, 9.17) is 10.2 Å². The molecule has 0 aliphatic carbocycles. The van der Waals surface area contributed by atoms with Gasteiger partial charge in [0.1, 0.15) is 6.04 Å². The number of aliphatic carboxylic acids is 2. The normalized spacial score (nSPS) is 17.0. The molecule has 0 unspecified atom stereocenters. The molecular formula is C12H22N4O5. The number of nitrogens with one attached hydrogen (secondary N) is 3. The van der Waals surface area contributed by atoms with Crippen molar-refractivity contribution < 1.29 is 24.6 Å². The lowest BCUT2D eigenvalue weighted by Gasteiger charge is -2.27. The van der Waals surface area contributed by atoms with E-state index >= 15 is 0 Å². The summed E-state index contributed by atoms with van der Waals surface area (Å²) in [4.78, 5) is 35.0. The fourth-order valence-electron chi connectivity index (χ4n) is 2.02. The molecule has 5 N–H and O–H groups in total. The lowest BCUT2D eigenvalue weighted by atomic mass is 10.2. The third-order valence-electron chi connectivity index (χ3n) is 3.13. The number of hydrogen-bond donors (Lipinski definition) is 5. The van der Waals surface area contributed by atoms with Gasteiger partial charge in [-0.15, -0.1) is 0 Å². The number of amides is 2. The number of carbonyl (C=O) groups excluding carboxylic acids is 1. The zero-order valence-corrected chi connectivity index (χ0v) is 11.8. The van der Waals surface area contributed by atoms with Crippen molar-refractivity contribution in [2.45, 2.75) is 18.9 Å². The summed E-state index contributed by atoms with van der Waals surface area (Å²) in [6, 6.07) is -2.08. The second kappa shape index (κ2) is 9.14. The Morgan fingerprint density at radius 3 is 2.43 bits per heavy atom. The van der Waals surface area contributed by atoms with Crippen LogP contribution in [0.4, 0.5) is 4.79 Å². The van der Waals surface area contributed by atoms with Crippen molar-refractivity contribution in [2.75, 3.05) is 39.3 Å². The van der Waals surface area contributed by atoms with Gasteiger partial charge < -0.3 is 31.1 Å². The number of hydrogen-bond acceptors (Lipinski definition) is 5. The van der Waals surface area contributed by atoms with Crippen LogP contribution < -0.4 is 16.0 Å². The Kier molecular flexibility index (Phi) is 7.48. The fourth-order valence-corrected chi connectivity index (χ4v) is 2.02. The van der Waals surface area contributed by atoms with E-state index in [0.717, 1.165) is 39.1 Å². The Labute approximate surface area is 122 Å². The number of carboxylic acids is 2. The van der Waals surface area contributed by atoms with Crippen molar-refractivity contribution in [3.05, 3.63) is 0 Å². The summed E-state index contributed by atoms with van der Waals surface area (Å²) in [6.45, 7) is 5.15. The van der Waals surface area contributed by atoms with E-state index in [-0.39, 0.29) is 0 Å². The minimum Gasteiger partial charge on any atom is -0.481 e. The van der Waals surface area contributed by atoms with E-state index in [1.807, 2.05) is 0 Å². The highest BCUT2D eigenvalue weighted by molar-refractivity contribution is 5.86. The molecule has 0 spiro atoms. The summed E-state index contributed by atoms with van der Waals surface area (Å²) in [5, 5.41) is 25.3. The van der Waals surface area contributed by atoms with Crippen LogP contribution in [-0.2, 0) is 9.59 Å². The molecule has 1 aliphatic rings. The molecule has 9 nitrogen and oxygen atoms in total. The summed E-state index contributed by atoms with van der Waals surface area (Å²) < 4.78 is 0. The maximum absolute atomic E-state index is 11.5. The van der Waals surface area contributed by atoms with E-state index in [1.54, 1.807) is 0 Å². The predicted molar refractivity (Wildman–Crippen MR) is 74.1 cm³/mol. The van der Waals surface area contributed by atoms with Gasteiger partial charge in [0.2, 0.25) is 0 Å². The average Bonchev–Trinajstić information content (AvgIpc) is 2.43. The van der Waals surface area contributed by atoms with Gasteiger partial charge in [0.15, 0.2) is 0 Å². The molecule has 0 saturated carbocycles. The van der Waals surface area contributed by atoms with E-state index in [9.17, 15) is 14.4 Å². The van der Waals surface area contributed by atoms with Crippen molar-refractivity contribution in [3.8, 4) is 0 Å². The van der Waals surface area contributed by atoms with E-state index in [0.29, 0.717) is 6.54 Å². The number of piperazine rings is 1. The molecule has 1 heterocycles. The zero-order valence-electron chi connectivity index (χ0n) is 11.8. The monoisotopic (exact) mass is 302 g/mol. The molecule has 2 amide bonds. The van der Waals surface area contributed by atoms with Gasteiger partial charge in [0.25, 0.3) is 0 Å². The second-order valence-corrected chi connectivity index (χ2v) is 4.83. The third kappa shape index (κ3) is 7.47. The molecule has 0 aromatic rings. The molecule has 0 radical (unpaired) electrons. The Morgan fingerprint density at radius 2 is 1.86 bits per heavy atom. The van der Waals surface area contributed by atoms with Crippen molar-refractivity contribution in [3.63, 3.8) is 0 Å². The third-order valence-corrected chi connectivity index (χ3v) is 3.13. The molecule has 120 valence electrons. The van der Waals surface area contributed by atoms with Crippen LogP contribution in [0.15, 0.2) is 0 Å². The molecule has 9 heteroatoms. The first kappa shape index (κ1) is 17.2. The first-order valence-electron chi connectivity index (χ1n) is 6.91. The molecule has 1 rings (SSSR count). The van der Waals surface area contributed by atoms with Gasteiger partial charge in [-0.2, -0.15) is 0 Å². The van der Waals surface area contributed by atoms with Crippen LogP contribution in [0.2, 0.25) is 0 Å². The minimum absolute atomic E-state index is 0.412. The van der Waals surface area contributed by atoms with Crippen LogP contribution in [0.1, 0.15) is 12.8 Å². The molecular weight excluding hydrogens is 280 g/mol. The molecule has 0 aromatic carbocycles. The van der Waals surface area contributed by atoms with Crippen LogP contribution >= 0.6 is 0 Å². The summed E-state index contributed by atoms with van der Waals surface area (Å²) in [6.07, 6.45) is 0.105. The predicted octanol–water partition coefficient (Wildman–Crippen LogP) is -1.49. The average molecular weight is 302 g/mol. The summed E-state index contributed by atoms with van der Waals surface area (Å²) >= 11 is 0. The SMILES string of the molecule is O=C(O)C[C@@H](NC(=O)NCCCN1CCNCC1)C(=O)O. The number of nitrogens with zero attached hydrogens (tertiary/aromatic N) is 1. The summed E-state index contributed by atoms with van der Waals surface area (Å²) in [7, 11) is 0. The highest BCUT2D eigenvalue weighted by atomic mass is 16.4. The molecule has 0 aromatic heterocycles. The highest BCUT2D eigenvalue weighted by Crippen LogP contribution is 1.94. The smallest absolute Gasteiger partial charge is 0.326 e. The van der Waals surface area contributed by atoms with E-state index in [2.05, 4.69) is 20.9 Å². The largest absolute Gasteiger partial charge is 0.481 e. The zero-order chi connectivity index (χ0) is 15.7. The van der Waals surface area contributed by atoms with Crippen LogP contribution in [-0.4, -0.2) is 78.4 Å². The quantitative estimate of drug-likeness (QED) is 0.345. The molecule has 1 saturated heterocycles. The van der Waals surface area contributed by atoms with Gasteiger partial charge in [-0.3, -0.25) is 4.79 Å². The van der Waals surface area contributed by atoms with Gasteiger partial charge in [0, 0.05) is 32.7 Å². The standard InChI is InChI=1S/C12H22N4O5/c17-10(18)8-9(11(19)20)15-12(21)14-2-1-5-16-6-3-13-4-7-16/h9,13H,1-8H2,(H,17,18)(H,19,20)(H2,14,15,21)/t9-/m1/s1. The van der Waals surface area contributed by atoms with Gasteiger partial charge in [-0.25, -0.2) is 9.59 Å². The molecule has 0 bridgehead atoms. The molecule has 21 heavy (non-hydrogen) atoms. The Bertz CT molecular complexity index is 371. The highest BCUT2D eigenvalue weighted by Gasteiger charge is 2.22. The number of urea groups is 1. The second-order valence-electron chi connectivity index (χ2n) is 4.83. The topological polar surface area (TPSA) is 131 Å². The van der Waals surface area contributed by atoms with Crippen LogP contribution in [0, 0.1) is 0 Å². The minimum atomic E-state index is -1.42. The van der Waals surface area contributed by atoms with Crippen molar-refractivity contribution in [1.82, 2.24) is 20.9 Å². The van der Waals surface area contributed by atoms with E-state index in [1.165, 1.54) is 0 Å². The number of carboxylic acid groups (broad SMARTS) is 2. The maximum atomic E-state index is 11.5. The van der Waals surface area contributed by atoms with Gasteiger partial charge in [-0.1, -0.05) is 0 Å². The van der Waals surface area contributed by atoms with Crippen LogP contribution in [0.5, 0.6) is 0 Å². The maximum Gasteiger partial charge on any atom is 0.326 e. The lowest BCUT2D eigenvalue weighted by Crippen LogP contribution is -2.48. The van der Waals surface area contributed by atoms with Gasteiger partial charge in [-0.05, 0) is 13.0 Å². The summed E-state index contributed by atoms with van der Waals surface area (Å²) in [5.41, 5.74) is 0. The van der Waals surface area contributed by atoms with Crippen molar-refractivity contribution >= 4 is 18.0 Å². The van der Waals surface area contributed by atoms with Crippen LogP contribution in [0.3, 0.4) is 0 Å². The Balaban J connectivity index is 2.16. The fraction of sp³-hybridized carbons (Fsp3) is 0.750. The molecule has 1 aliphatic heterocycles. The van der Waals surface area contributed by atoms with Crippen LogP contribution in [0.25, 0.3) is 0 Å². The van der Waals surface area contributed by atoms with Crippen molar-refractivity contribution in [1.29, 1.82) is 0 Å². The summed E-state index contributed by atoms with van der Waals surface area (Å²) in [5.74, 6) is -2.64. The van der Waals surface area contributed by atoms with E-state index < -0.39 is 30.4 Å². The molecule has 1 atom stereocenters. The number of carbonyl (C=O) groups is 3. The Hall–Kier alpha value is -1.87. The molecule has 1 fully saturated rings.